The lowest BCUT2D eigenvalue weighted by Crippen LogP contribution is -2.18. The number of rotatable bonds is 8. The highest BCUT2D eigenvalue weighted by Gasteiger charge is 2.26. The maximum Gasteiger partial charge on any atom is 0.338 e. The minimum absolute atomic E-state index is 0.00261. The van der Waals surface area contributed by atoms with E-state index in [1.54, 1.807) is 46.2 Å². The molecule has 0 bridgehead atoms. The first-order chi connectivity index (χ1) is 16.4. The van der Waals surface area contributed by atoms with E-state index in [9.17, 15) is 18.0 Å². The molecule has 1 aromatic heterocycles. The van der Waals surface area contributed by atoms with Gasteiger partial charge in [0.1, 0.15) is 4.90 Å². The number of para-hydroxylation sites is 1. The summed E-state index contributed by atoms with van der Waals surface area (Å²) >= 11 is 0. The van der Waals surface area contributed by atoms with Crippen LogP contribution in [0.2, 0.25) is 0 Å². The fourth-order valence-electron chi connectivity index (χ4n) is 3.53. The summed E-state index contributed by atoms with van der Waals surface area (Å²) in [7, 11) is -4.13. The molecule has 186 valence electrons. The summed E-state index contributed by atoms with van der Waals surface area (Å²) in [6.45, 7) is 10.0. The van der Waals surface area contributed by atoms with Crippen molar-refractivity contribution >= 4 is 27.6 Å². The minimum Gasteiger partial charge on any atom is -0.459 e. The van der Waals surface area contributed by atoms with Crippen molar-refractivity contribution in [3.8, 4) is 5.69 Å². The number of carbonyl (C=O) groups is 2. The number of anilines is 1. The molecular weight excluding hydrogens is 470 g/mol. The first-order valence-electron chi connectivity index (χ1n) is 11.1. The molecule has 0 saturated carbocycles. The molecule has 35 heavy (non-hydrogen) atoms. The van der Waals surface area contributed by atoms with E-state index in [0.717, 1.165) is 0 Å². The number of hydrogen-bond donors (Lipinski definition) is 1. The molecule has 10 heteroatoms. The molecule has 0 saturated heterocycles. The van der Waals surface area contributed by atoms with Gasteiger partial charge in [0.25, 0.3) is 10.0 Å². The van der Waals surface area contributed by atoms with Crippen LogP contribution in [0.15, 0.2) is 53.4 Å². The lowest BCUT2D eigenvalue weighted by atomic mass is 10.1. The molecule has 0 aliphatic carbocycles. The second-order valence-corrected chi connectivity index (χ2v) is 10.2. The van der Waals surface area contributed by atoms with Crippen molar-refractivity contribution in [1.29, 1.82) is 0 Å². The summed E-state index contributed by atoms with van der Waals surface area (Å²) in [5.41, 5.74) is 1.48. The molecule has 3 rings (SSSR count). The van der Waals surface area contributed by atoms with Crippen LogP contribution < -0.4 is 4.72 Å². The zero-order valence-electron chi connectivity index (χ0n) is 20.5. The maximum atomic E-state index is 13.4. The molecule has 3 aromatic rings. The quantitative estimate of drug-likeness (QED) is 0.456. The monoisotopic (exact) mass is 499 g/mol. The Kier molecular flexibility index (Phi) is 7.64. The van der Waals surface area contributed by atoms with Gasteiger partial charge >= 0.3 is 11.9 Å². The first kappa shape index (κ1) is 26.0. The van der Waals surface area contributed by atoms with E-state index < -0.39 is 34.2 Å². The van der Waals surface area contributed by atoms with Crippen LogP contribution in [0.25, 0.3) is 5.69 Å². The van der Waals surface area contributed by atoms with Crippen LogP contribution in [0.3, 0.4) is 0 Å². The molecule has 0 aliphatic heterocycles. The normalized spacial score (nSPS) is 11.5. The highest BCUT2D eigenvalue weighted by molar-refractivity contribution is 7.92. The lowest BCUT2D eigenvalue weighted by Gasteiger charge is -2.14. The van der Waals surface area contributed by atoms with E-state index in [-0.39, 0.29) is 21.7 Å². The van der Waals surface area contributed by atoms with Crippen LogP contribution in [0.1, 0.15) is 59.8 Å². The molecule has 1 N–H and O–H groups in total. The number of esters is 2. The Labute approximate surface area is 205 Å². The van der Waals surface area contributed by atoms with Crippen molar-refractivity contribution in [2.75, 3.05) is 4.72 Å². The summed E-state index contributed by atoms with van der Waals surface area (Å²) < 4.78 is 41.3. The van der Waals surface area contributed by atoms with Crippen LogP contribution in [0, 0.1) is 13.8 Å². The fraction of sp³-hybridized carbons (Fsp3) is 0.320. The van der Waals surface area contributed by atoms with Gasteiger partial charge in [0.15, 0.2) is 0 Å². The van der Waals surface area contributed by atoms with Gasteiger partial charge in [0, 0.05) is 0 Å². The van der Waals surface area contributed by atoms with E-state index >= 15 is 0 Å². The van der Waals surface area contributed by atoms with Gasteiger partial charge in [-0.25, -0.2) is 22.7 Å². The third kappa shape index (κ3) is 6.07. The Balaban J connectivity index is 2.04. The smallest absolute Gasteiger partial charge is 0.338 e. The van der Waals surface area contributed by atoms with Gasteiger partial charge in [-0.15, -0.1) is 0 Å². The summed E-state index contributed by atoms with van der Waals surface area (Å²) in [6.07, 6.45) is -0.800. The maximum absolute atomic E-state index is 13.4. The molecular formula is C25H29N3O6S. The van der Waals surface area contributed by atoms with Gasteiger partial charge in [-0.1, -0.05) is 18.2 Å². The molecule has 0 unspecified atom stereocenters. The lowest BCUT2D eigenvalue weighted by molar-refractivity contribution is 0.0377. The predicted molar refractivity (Wildman–Crippen MR) is 131 cm³/mol. The van der Waals surface area contributed by atoms with Gasteiger partial charge in [-0.05, 0) is 71.9 Å². The van der Waals surface area contributed by atoms with Crippen molar-refractivity contribution in [3.63, 3.8) is 0 Å². The number of benzene rings is 2. The average Bonchev–Trinajstić information content (AvgIpc) is 3.07. The highest BCUT2D eigenvalue weighted by atomic mass is 32.2. The Bertz CT molecular complexity index is 1300. The van der Waals surface area contributed by atoms with Crippen molar-refractivity contribution < 1.29 is 27.5 Å². The van der Waals surface area contributed by atoms with Crippen LogP contribution in [0.4, 0.5) is 5.69 Å². The summed E-state index contributed by atoms with van der Waals surface area (Å²) in [4.78, 5) is 25.1. The van der Waals surface area contributed by atoms with Crippen LogP contribution in [0.5, 0.6) is 0 Å². The highest BCUT2D eigenvalue weighted by Crippen LogP contribution is 2.26. The first-order valence-corrected chi connectivity index (χ1v) is 12.6. The van der Waals surface area contributed by atoms with Gasteiger partial charge in [-0.2, -0.15) is 5.10 Å². The Hall–Kier alpha value is -3.66. The van der Waals surface area contributed by atoms with E-state index in [4.69, 9.17) is 9.47 Å². The van der Waals surface area contributed by atoms with Gasteiger partial charge in [0.05, 0.1) is 46.1 Å². The number of nitrogens with zero attached hydrogens (tertiary/aromatic N) is 2. The zero-order valence-corrected chi connectivity index (χ0v) is 21.3. The van der Waals surface area contributed by atoms with Gasteiger partial charge < -0.3 is 9.47 Å². The van der Waals surface area contributed by atoms with Crippen molar-refractivity contribution in [1.82, 2.24) is 9.78 Å². The SMILES string of the molecule is Cc1nn(-c2ccccc2)c(C)c1S(=O)(=O)Nc1cc(C(=O)OC(C)C)cc(C(=O)OC(C)C)c1. The number of aryl methyl sites for hydroxylation is 1. The number of hydrogen-bond acceptors (Lipinski definition) is 7. The van der Waals surface area contributed by atoms with E-state index in [1.807, 2.05) is 30.3 Å². The third-order valence-corrected chi connectivity index (χ3v) is 6.47. The summed E-state index contributed by atoms with van der Waals surface area (Å²) in [6, 6.07) is 13.1. The van der Waals surface area contributed by atoms with E-state index in [1.165, 1.54) is 18.2 Å². The van der Waals surface area contributed by atoms with Crippen LogP contribution in [-0.4, -0.2) is 42.3 Å². The molecule has 9 nitrogen and oxygen atoms in total. The molecule has 1 heterocycles. The summed E-state index contributed by atoms with van der Waals surface area (Å²) in [5, 5.41) is 4.39. The van der Waals surface area contributed by atoms with Gasteiger partial charge in [0.2, 0.25) is 0 Å². The standard InChI is InChI=1S/C25H29N3O6S/c1-15(2)33-24(29)19-12-20(25(30)34-16(3)4)14-21(13-19)27-35(31,32)23-17(5)26-28(18(23)6)22-10-8-7-9-11-22/h7-16,27H,1-6H3. The van der Waals surface area contributed by atoms with E-state index in [2.05, 4.69) is 9.82 Å². The zero-order chi connectivity index (χ0) is 25.9. The summed E-state index contributed by atoms with van der Waals surface area (Å²) in [5.74, 6) is -1.38. The largest absolute Gasteiger partial charge is 0.459 e. The van der Waals surface area contributed by atoms with Crippen molar-refractivity contribution in [2.24, 2.45) is 0 Å². The predicted octanol–water partition coefficient (Wildman–Crippen LogP) is 4.42. The fourth-order valence-corrected chi connectivity index (χ4v) is 4.97. The van der Waals surface area contributed by atoms with Crippen LogP contribution >= 0.6 is 0 Å². The van der Waals surface area contributed by atoms with Crippen molar-refractivity contribution in [3.05, 3.63) is 71.0 Å². The second-order valence-electron chi connectivity index (χ2n) is 8.56. The molecule has 0 aliphatic rings. The topological polar surface area (TPSA) is 117 Å². The average molecular weight is 500 g/mol. The molecule has 0 amide bonds. The Morgan fingerprint density at radius 1 is 0.886 bits per heavy atom. The van der Waals surface area contributed by atoms with Crippen LogP contribution in [-0.2, 0) is 19.5 Å². The number of aromatic nitrogens is 2. The van der Waals surface area contributed by atoms with Gasteiger partial charge in [-0.3, -0.25) is 4.72 Å². The third-order valence-electron chi connectivity index (χ3n) is 4.84. The van der Waals surface area contributed by atoms with Crippen molar-refractivity contribution in [2.45, 2.75) is 58.6 Å². The molecule has 0 spiro atoms. The minimum atomic E-state index is -4.13. The Morgan fingerprint density at radius 2 is 1.40 bits per heavy atom. The number of sulfonamides is 1. The number of nitrogens with one attached hydrogen (secondary N) is 1. The molecule has 2 aromatic carbocycles. The second kappa shape index (κ2) is 10.3. The molecule has 0 radical (unpaired) electrons. The molecule has 0 fully saturated rings. The number of carbonyl (C=O) groups excluding carboxylic acids is 2. The molecule has 0 atom stereocenters. The Morgan fingerprint density at radius 3 is 1.89 bits per heavy atom. The van der Waals surface area contributed by atoms with E-state index in [0.29, 0.717) is 17.1 Å². The number of ether oxygens (including phenoxy) is 2.